The van der Waals surface area contributed by atoms with E-state index < -0.39 is 0 Å². The minimum absolute atomic E-state index is 0.209. The molecule has 4 heteroatoms. The van der Waals surface area contributed by atoms with Gasteiger partial charge in [-0.2, -0.15) is 5.26 Å². The predicted molar refractivity (Wildman–Crippen MR) is 68.0 cm³/mol. The first-order valence-corrected chi connectivity index (χ1v) is 5.74. The van der Waals surface area contributed by atoms with Crippen LogP contribution in [0.25, 0.3) is 0 Å². The van der Waals surface area contributed by atoms with E-state index in [9.17, 15) is 0 Å². The fourth-order valence-corrected chi connectivity index (χ4v) is 2.17. The highest BCUT2D eigenvalue weighted by Crippen LogP contribution is 2.41. The molecule has 1 aromatic rings. The van der Waals surface area contributed by atoms with E-state index in [-0.39, 0.29) is 12.3 Å². The number of methoxy groups -OCH3 is 2. The summed E-state index contributed by atoms with van der Waals surface area (Å²) < 4.78 is 10.6. The Labute approximate surface area is 107 Å². The van der Waals surface area contributed by atoms with Gasteiger partial charge < -0.3 is 9.47 Å². The second kappa shape index (κ2) is 5.79. The van der Waals surface area contributed by atoms with E-state index in [1.165, 1.54) is 0 Å². The Bertz CT molecular complexity index is 450. The normalized spacial score (nSPS) is 10.2. The van der Waals surface area contributed by atoms with Crippen molar-refractivity contribution in [3.8, 4) is 17.6 Å². The summed E-state index contributed by atoms with van der Waals surface area (Å²) in [5.74, 6) is 1.47. The Hall–Kier alpha value is -1.40. The van der Waals surface area contributed by atoms with Gasteiger partial charge in [-0.3, -0.25) is 0 Å². The zero-order valence-electron chi connectivity index (χ0n) is 10.5. The molecule has 0 atom stereocenters. The van der Waals surface area contributed by atoms with E-state index in [0.29, 0.717) is 16.5 Å². The van der Waals surface area contributed by atoms with Crippen LogP contribution in [-0.2, 0) is 6.42 Å². The van der Waals surface area contributed by atoms with Gasteiger partial charge >= 0.3 is 0 Å². The average Bonchev–Trinajstić information content (AvgIpc) is 2.30. The van der Waals surface area contributed by atoms with Gasteiger partial charge in [0.1, 0.15) is 0 Å². The van der Waals surface area contributed by atoms with Crippen LogP contribution in [0.15, 0.2) is 6.07 Å². The van der Waals surface area contributed by atoms with Gasteiger partial charge in [-0.05, 0) is 11.5 Å². The maximum atomic E-state index is 8.86. The molecule has 0 aliphatic heterocycles. The lowest BCUT2D eigenvalue weighted by Crippen LogP contribution is -2.03. The fourth-order valence-electron chi connectivity index (χ4n) is 1.90. The van der Waals surface area contributed by atoms with Crippen molar-refractivity contribution in [3.05, 3.63) is 22.2 Å². The van der Waals surface area contributed by atoms with Crippen molar-refractivity contribution in [2.75, 3.05) is 14.2 Å². The molecule has 0 bridgehead atoms. The highest BCUT2D eigenvalue weighted by molar-refractivity contribution is 6.31. The standard InChI is InChI=1S/C13H16ClNO2/c1-8(2)12-9(5-6-15)10(14)7-11(16-3)13(12)17-4/h7-8H,5H2,1-4H3. The SMILES string of the molecule is COc1cc(Cl)c(CC#N)c(C(C)C)c1OC. The Morgan fingerprint density at radius 3 is 2.41 bits per heavy atom. The highest BCUT2D eigenvalue weighted by atomic mass is 35.5. The Morgan fingerprint density at radius 1 is 1.35 bits per heavy atom. The van der Waals surface area contributed by atoms with Crippen molar-refractivity contribution in [1.29, 1.82) is 5.26 Å². The van der Waals surface area contributed by atoms with Gasteiger partial charge in [0, 0.05) is 16.7 Å². The quantitative estimate of drug-likeness (QED) is 0.824. The van der Waals surface area contributed by atoms with Crippen molar-refractivity contribution >= 4 is 11.6 Å². The lowest BCUT2D eigenvalue weighted by molar-refractivity contribution is 0.350. The number of nitriles is 1. The molecule has 0 N–H and O–H groups in total. The molecule has 0 aliphatic rings. The van der Waals surface area contributed by atoms with E-state index in [0.717, 1.165) is 11.1 Å². The van der Waals surface area contributed by atoms with Gasteiger partial charge in [0.2, 0.25) is 0 Å². The van der Waals surface area contributed by atoms with E-state index in [1.54, 1.807) is 20.3 Å². The smallest absolute Gasteiger partial charge is 0.164 e. The molecule has 0 heterocycles. The minimum atomic E-state index is 0.209. The summed E-state index contributed by atoms with van der Waals surface area (Å²) in [6.45, 7) is 4.07. The highest BCUT2D eigenvalue weighted by Gasteiger charge is 2.20. The van der Waals surface area contributed by atoms with Gasteiger partial charge in [0.25, 0.3) is 0 Å². The second-order valence-corrected chi connectivity index (χ2v) is 4.38. The molecular formula is C13H16ClNO2. The van der Waals surface area contributed by atoms with Gasteiger partial charge in [-0.1, -0.05) is 25.4 Å². The first kappa shape index (κ1) is 13.7. The van der Waals surface area contributed by atoms with Crippen LogP contribution in [0, 0.1) is 11.3 Å². The molecule has 0 aromatic heterocycles. The van der Waals surface area contributed by atoms with E-state index in [1.807, 2.05) is 13.8 Å². The monoisotopic (exact) mass is 253 g/mol. The van der Waals surface area contributed by atoms with Crippen molar-refractivity contribution < 1.29 is 9.47 Å². The molecule has 0 amide bonds. The number of nitrogens with zero attached hydrogens (tertiary/aromatic N) is 1. The minimum Gasteiger partial charge on any atom is -0.493 e. The maximum absolute atomic E-state index is 8.86. The van der Waals surface area contributed by atoms with Crippen LogP contribution in [-0.4, -0.2) is 14.2 Å². The molecule has 0 spiro atoms. The second-order valence-electron chi connectivity index (χ2n) is 3.98. The number of hydrogen-bond acceptors (Lipinski definition) is 3. The van der Waals surface area contributed by atoms with Crippen LogP contribution in [0.3, 0.4) is 0 Å². The molecule has 0 saturated carbocycles. The number of benzene rings is 1. The third-order valence-corrected chi connectivity index (χ3v) is 2.93. The Morgan fingerprint density at radius 2 is 2.00 bits per heavy atom. The number of hydrogen-bond donors (Lipinski definition) is 0. The Kier molecular flexibility index (Phi) is 4.65. The molecule has 1 rings (SSSR count). The zero-order valence-corrected chi connectivity index (χ0v) is 11.3. The van der Waals surface area contributed by atoms with Crippen LogP contribution in [0.2, 0.25) is 5.02 Å². The molecule has 92 valence electrons. The molecule has 17 heavy (non-hydrogen) atoms. The topological polar surface area (TPSA) is 42.2 Å². The predicted octanol–water partition coefficient (Wildman–Crippen LogP) is 3.55. The molecule has 0 saturated heterocycles. The zero-order chi connectivity index (χ0) is 13.0. The molecule has 0 unspecified atom stereocenters. The summed E-state index contributed by atoms with van der Waals surface area (Å²) >= 11 is 6.18. The summed E-state index contributed by atoms with van der Waals surface area (Å²) in [5.41, 5.74) is 1.76. The van der Waals surface area contributed by atoms with Crippen LogP contribution < -0.4 is 9.47 Å². The Balaban J connectivity index is 3.55. The fraction of sp³-hybridized carbons (Fsp3) is 0.462. The van der Waals surface area contributed by atoms with E-state index in [2.05, 4.69) is 6.07 Å². The summed E-state index contributed by atoms with van der Waals surface area (Å²) in [6.07, 6.45) is 0.271. The molecule has 0 radical (unpaired) electrons. The molecular weight excluding hydrogens is 238 g/mol. The molecule has 3 nitrogen and oxygen atoms in total. The van der Waals surface area contributed by atoms with Crippen LogP contribution in [0.4, 0.5) is 0 Å². The summed E-state index contributed by atoms with van der Waals surface area (Å²) in [7, 11) is 3.16. The summed E-state index contributed by atoms with van der Waals surface area (Å²) in [4.78, 5) is 0. The van der Waals surface area contributed by atoms with Gasteiger partial charge in [-0.15, -0.1) is 0 Å². The first-order chi connectivity index (χ1) is 8.06. The number of ether oxygens (including phenoxy) is 2. The van der Waals surface area contributed by atoms with Crippen molar-refractivity contribution in [1.82, 2.24) is 0 Å². The van der Waals surface area contributed by atoms with Gasteiger partial charge in [0.15, 0.2) is 11.5 Å². The lowest BCUT2D eigenvalue weighted by Gasteiger charge is -2.19. The van der Waals surface area contributed by atoms with Crippen molar-refractivity contribution in [2.24, 2.45) is 0 Å². The van der Waals surface area contributed by atoms with E-state index in [4.69, 9.17) is 26.3 Å². The number of halogens is 1. The maximum Gasteiger partial charge on any atom is 0.164 e. The van der Waals surface area contributed by atoms with Crippen LogP contribution in [0.5, 0.6) is 11.5 Å². The van der Waals surface area contributed by atoms with Gasteiger partial charge in [0.05, 0.1) is 26.7 Å². The van der Waals surface area contributed by atoms with Crippen LogP contribution in [0.1, 0.15) is 30.9 Å². The van der Waals surface area contributed by atoms with Crippen LogP contribution >= 0.6 is 11.6 Å². The van der Waals surface area contributed by atoms with E-state index >= 15 is 0 Å². The lowest BCUT2D eigenvalue weighted by atomic mass is 9.94. The third-order valence-electron chi connectivity index (χ3n) is 2.60. The first-order valence-electron chi connectivity index (χ1n) is 5.37. The number of rotatable bonds is 4. The summed E-state index contributed by atoms with van der Waals surface area (Å²) in [5, 5.41) is 9.41. The molecule has 0 aliphatic carbocycles. The average molecular weight is 254 g/mol. The largest absolute Gasteiger partial charge is 0.493 e. The van der Waals surface area contributed by atoms with Crippen molar-refractivity contribution in [2.45, 2.75) is 26.2 Å². The molecule has 1 aromatic carbocycles. The summed E-state index contributed by atoms with van der Waals surface area (Å²) in [6, 6.07) is 3.82. The molecule has 0 fully saturated rings. The van der Waals surface area contributed by atoms with Gasteiger partial charge in [-0.25, -0.2) is 0 Å². The third kappa shape index (κ3) is 2.65. The van der Waals surface area contributed by atoms with Crippen molar-refractivity contribution in [3.63, 3.8) is 0 Å².